The van der Waals surface area contributed by atoms with E-state index in [0.29, 0.717) is 23.1 Å². The third-order valence-electron chi connectivity index (χ3n) is 12.1. The van der Waals surface area contributed by atoms with E-state index >= 15 is 0 Å². The Hall–Kier alpha value is -8.61. The van der Waals surface area contributed by atoms with Crippen molar-refractivity contribution in [2.75, 3.05) is 0 Å². The molecule has 0 amide bonds. The third-order valence-corrected chi connectivity index (χ3v) is 12.1. The fourth-order valence-corrected chi connectivity index (χ4v) is 9.21. The van der Waals surface area contributed by atoms with E-state index in [1.54, 1.807) is 0 Å². The van der Waals surface area contributed by atoms with Crippen molar-refractivity contribution in [3.05, 3.63) is 200 Å². The summed E-state index contributed by atoms with van der Waals surface area (Å²) in [6, 6.07) is 68.5. The highest BCUT2D eigenvalue weighted by Gasteiger charge is 2.24. The van der Waals surface area contributed by atoms with Gasteiger partial charge in [0.2, 0.25) is 0 Å². The molecule has 0 atom stereocenters. The Morgan fingerprint density at radius 1 is 0.254 bits per heavy atom. The highest BCUT2D eigenvalue weighted by atomic mass is 16.3. The van der Waals surface area contributed by atoms with Gasteiger partial charge in [-0.05, 0) is 53.1 Å². The van der Waals surface area contributed by atoms with Crippen LogP contribution in [0.15, 0.2) is 213 Å². The molecule has 0 fully saturated rings. The number of hydrogen-bond acceptors (Lipinski definition) is 6. The lowest BCUT2D eigenvalue weighted by Gasteiger charge is -2.11. The van der Waals surface area contributed by atoms with Crippen LogP contribution in [0.2, 0.25) is 0 Å². The van der Waals surface area contributed by atoms with E-state index in [2.05, 4.69) is 121 Å². The molecule has 6 heteroatoms. The van der Waals surface area contributed by atoms with Crippen molar-refractivity contribution in [2.45, 2.75) is 0 Å². The number of furan rings is 3. The van der Waals surface area contributed by atoms with Gasteiger partial charge < -0.3 is 13.3 Å². The summed E-state index contributed by atoms with van der Waals surface area (Å²) in [5.74, 6) is 1.71. The lowest BCUT2D eigenvalue weighted by Crippen LogP contribution is -2.00. The molecule has 0 aliphatic carbocycles. The fraction of sp³-hybridized carbons (Fsp3) is 0. The van der Waals surface area contributed by atoms with Crippen LogP contribution in [0.1, 0.15) is 0 Å². The number of aromatic nitrogens is 3. The predicted octanol–water partition coefficient (Wildman–Crippen LogP) is 15.6. The van der Waals surface area contributed by atoms with Gasteiger partial charge in [-0.2, -0.15) is 0 Å². The second-order valence-corrected chi connectivity index (χ2v) is 15.9. The Morgan fingerprint density at radius 2 is 0.730 bits per heavy atom. The molecule has 13 rings (SSSR count). The lowest BCUT2D eigenvalue weighted by atomic mass is 9.93. The monoisotopic (exact) mass is 807 g/mol. The molecular weight excluding hydrogens is 775 g/mol. The maximum Gasteiger partial charge on any atom is 0.164 e. The topological polar surface area (TPSA) is 78.1 Å². The molecule has 0 radical (unpaired) electrons. The second-order valence-electron chi connectivity index (χ2n) is 15.9. The number of benzene rings is 9. The molecule has 0 saturated heterocycles. The normalized spacial score (nSPS) is 11.8. The number of nitrogens with zero attached hydrogens (tertiary/aromatic N) is 3. The summed E-state index contributed by atoms with van der Waals surface area (Å²) in [6.45, 7) is 0. The van der Waals surface area contributed by atoms with E-state index in [-0.39, 0.29) is 0 Å². The first-order valence-corrected chi connectivity index (χ1v) is 21.0. The molecule has 0 bridgehead atoms. The first kappa shape index (κ1) is 35.2. The van der Waals surface area contributed by atoms with Crippen molar-refractivity contribution in [2.24, 2.45) is 0 Å². The number of para-hydroxylation sites is 4. The highest BCUT2D eigenvalue weighted by molar-refractivity contribution is 6.19. The second kappa shape index (κ2) is 14.0. The van der Waals surface area contributed by atoms with Gasteiger partial charge in [-0.25, -0.2) is 15.0 Å². The van der Waals surface area contributed by atoms with E-state index in [1.165, 1.54) is 0 Å². The van der Waals surface area contributed by atoms with Crippen LogP contribution in [-0.4, -0.2) is 15.0 Å². The van der Waals surface area contributed by atoms with Gasteiger partial charge in [0, 0.05) is 65.7 Å². The zero-order chi connectivity index (χ0) is 41.4. The van der Waals surface area contributed by atoms with Crippen molar-refractivity contribution >= 4 is 65.8 Å². The molecule has 0 unspecified atom stereocenters. The SMILES string of the molecule is c1ccc(-c2cccc(-c3nc(-c4ccccc4)nc(-c4cccc5oc6c(-c7cccc8c7oc7ccccc78)cc(-c7cccc8c7oc7ccccc78)cc6c45)n3)c2)cc1. The minimum absolute atomic E-state index is 0.544. The summed E-state index contributed by atoms with van der Waals surface area (Å²) in [5.41, 5.74) is 13.4. The number of fused-ring (bicyclic) bond motifs is 9. The molecule has 0 saturated carbocycles. The fourth-order valence-electron chi connectivity index (χ4n) is 9.21. The molecule has 9 aromatic carbocycles. The summed E-state index contributed by atoms with van der Waals surface area (Å²) in [7, 11) is 0. The third kappa shape index (κ3) is 5.69. The van der Waals surface area contributed by atoms with Gasteiger partial charge in [-0.15, -0.1) is 0 Å². The smallest absolute Gasteiger partial charge is 0.164 e. The van der Waals surface area contributed by atoms with Gasteiger partial charge in [0.15, 0.2) is 17.5 Å². The molecule has 0 aliphatic rings. The Morgan fingerprint density at radius 3 is 1.46 bits per heavy atom. The van der Waals surface area contributed by atoms with Crippen LogP contribution in [-0.2, 0) is 0 Å². The van der Waals surface area contributed by atoms with Crippen LogP contribution >= 0.6 is 0 Å². The minimum atomic E-state index is 0.544. The number of hydrogen-bond donors (Lipinski definition) is 0. The molecule has 0 spiro atoms. The van der Waals surface area contributed by atoms with E-state index in [4.69, 9.17) is 28.2 Å². The zero-order valence-electron chi connectivity index (χ0n) is 33.6. The quantitative estimate of drug-likeness (QED) is 0.166. The van der Waals surface area contributed by atoms with Crippen molar-refractivity contribution in [3.63, 3.8) is 0 Å². The van der Waals surface area contributed by atoms with Gasteiger partial charge in [0.25, 0.3) is 0 Å². The Labute approximate surface area is 360 Å². The summed E-state index contributed by atoms with van der Waals surface area (Å²) >= 11 is 0. The maximum absolute atomic E-state index is 7.01. The minimum Gasteiger partial charge on any atom is -0.455 e. The molecule has 4 heterocycles. The van der Waals surface area contributed by atoms with Crippen molar-refractivity contribution in [1.29, 1.82) is 0 Å². The van der Waals surface area contributed by atoms with E-state index in [1.807, 2.05) is 78.9 Å². The molecule has 0 aliphatic heterocycles. The van der Waals surface area contributed by atoms with Gasteiger partial charge in [-0.1, -0.05) is 164 Å². The van der Waals surface area contributed by atoms with E-state index in [9.17, 15) is 0 Å². The van der Waals surface area contributed by atoms with Gasteiger partial charge in [0.05, 0.1) is 0 Å². The van der Waals surface area contributed by atoms with Gasteiger partial charge >= 0.3 is 0 Å². The van der Waals surface area contributed by atoms with Crippen LogP contribution in [0.25, 0.3) is 133 Å². The molecule has 6 nitrogen and oxygen atoms in total. The number of rotatable bonds is 6. The van der Waals surface area contributed by atoms with E-state index in [0.717, 1.165) is 110 Å². The van der Waals surface area contributed by atoms with E-state index < -0.39 is 0 Å². The first-order valence-electron chi connectivity index (χ1n) is 21.0. The Bertz CT molecular complexity index is 3920. The summed E-state index contributed by atoms with van der Waals surface area (Å²) < 4.78 is 20.3. The van der Waals surface area contributed by atoms with Crippen LogP contribution in [0.4, 0.5) is 0 Å². The average Bonchev–Trinajstić information content (AvgIpc) is 4.06. The predicted molar refractivity (Wildman–Crippen MR) is 254 cm³/mol. The van der Waals surface area contributed by atoms with Crippen molar-refractivity contribution in [3.8, 4) is 67.5 Å². The molecule has 13 aromatic rings. The first-order chi connectivity index (χ1) is 31.2. The van der Waals surface area contributed by atoms with Gasteiger partial charge in [0.1, 0.15) is 33.5 Å². The molecule has 63 heavy (non-hydrogen) atoms. The summed E-state index contributed by atoms with van der Waals surface area (Å²) in [5, 5.41) is 6.06. The molecule has 294 valence electrons. The zero-order valence-corrected chi connectivity index (χ0v) is 33.6. The molecular formula is C57H33N3O3. The van der Waals surface area contributed by atoms with Crippen LogP contribution < -0.4 is 0 Å². The van der Waals surface area contributed by atoms with Crippen molar-refractivity contribution < 1.29 is 13.3 Å². The maximum atomic E-state index is 7.01. The molecule has 4 aromatic heterocycles. The summed E-state index contributed by atoms with van der Waals surface area (Å²) in [4.78, 5) is 15.6. The Kier molecular flexibility index (Phi) is 7.80. The highest BCUT2D eigenvalue weighted by Crippen LogP contribution is 2.47. The lowest BCUT2D eigenvalue weighted by molar-refractivity contribution is 0.665. The van der Waals surface area contributed by atoms with Crippen LogP contribution in [0.3, 0.4) is 0 Å². The van der Waals surface area contributed by atoms with Gasteiger partial charge in [-0.3, -0.25) is 0 Å². The Balaban J connectivity index is 1.10. The average molecular weight is 808 g/mol. The molecule has 0 N–H and O–H groups in total. The largest absolute Gasteiger partial charge is 0.455 e. The summed E-state index contributed by atoms with van der Waals surface area (Å²) in [6.07, 6.45) is 0. The van der Waals surface area contributed by atoms with Crippen molar-refractivity contribution in [1.82, 2.24) is 15.0 Å². The van der Waals surface area contributed by atoms with Crippen LogP contribution in [0.5, 0.6) is 0 Å². The van der Waals surface area contributed by atoms with Crippen LogP contribution in [0, 0.1) is 0 Å². The standard InChI is InChI=1S/C57H33N3O3/c1-3-15-34(16-4-1)36-19-11-20-37(31-36)56-58-55(35-17-5-2-6-18-35)59-57(60-56)45-27-14-30-50-51(45)47-33-38(39-23-12-24-42-40-21-7-9-28-48(40)61-52(39)42)32-46(54(47)63-50)44-26-13-25-43-41-22-8-10-29-49(41)62-53(43)44/h1-33H.